The number of hydrogen-bond donors (Lipinski definition) is 2. The first-order valence-electron chi connectivity index (χ1n) is 7.11. The van der Waals surface area contributed by atoms with Crippen molar-refractivity contribution in [3.05, 3.63) is 28.8 Å². The topological polar surface area (TPSA) is 44.7 Å². The lowest BCUT2D eigenvalue weighted by Gasteiger charge is -2.25. The van der Waals surface area contributed by atoms with Crippen molar-refractivity contribution in [2.75, 3.05) is 38.3 Å². The molecule has 1 saturated carbocycles. The number of methoxy groups -OCH3 is 1. The van der Waals surface area contributed by atoms with Gasteiger partial charge in [0.05, 0.1) is 23.9 Å². The molecule has 0 bridgehead atoms. The summed E-state index contributed by atoms with van der Waals surface area (Å²) in [5, 5.41) is 13.4. The largest absolute Gasteiger partial charge is 0.395 e. The fraction of sp³-hybridized carbons (Fsp3) is 0.600. The van der Waals surface area contributed by atoms with Crippen LogP contribution in [-0.4, -0.2) is 44.6 Å². The minimum atomic E-state index is 0.102. The van der Waals surface area contributed by atoms with Crippen LogP contribution in [0.3, 0.4) is 0 Å². The van der Waals surface area contributed by atoms with E-state index in [1.54, 1.807) is 7.11 Å². The first kappa shape index (κ1) is 15.6. The first-order chi connectivity index (χ1) is 9.74. The van der Waals surface area contributed by atoms with Crippen molar-refractivity contribution in [2.45, 2.75) is 25.4 Å². The van der Waals surface area contributed by atoms with Crippen LogP contribution in [0.2, 0.25) is 5.02 Å². The van der Waals surface area contributed by atoms with Crippen LogP contribution in [0.25, 0.3) is 0 Å². The maximum absolute atomic E-state index is 9.16. The van der Waals surface area contributed by atoms with Gasteiger partial charge in [-0.25, -0.2) is 0 Å². The third-order valence-corrected chi connectivity index (χ3v) is 3.76. The van der Waals surface area contributed by atoms with E-state index in [0.717, 1.165) is 23.8 Å². The van der Waals surface area contributed by atoms with Crippen molar-refractivity contribution in [3.63, 3.8) is 0 Å². The maximum atomic E-state index is 9.16. The second-order valence-corrected chi connectivity index (χ2v) is 5.55. The standard InChI is InChI=1S/C15H23ClN2O2/c1-20-9-7-18(6-8-19)15-5-2-12(10-14(15)16)11-17-13-3-4-13/h2,5,10,13,17,19H,3-4,6-9,11H2,1H3. The van der Waals surface area contributed by atoms with Crippen molar-refractivity contribution in [1.29, 1.82) is 0 Å². The van der Waals surface area contributed by atoms with Crippen LogP contribution in [0.1, 0.15) is 18.4 Å². The van der Waals surface area contributed by atoms with Crippen LogP contribution in [-0.2, 0) is 11.3 Å². The molecule has 1 aromatic carbocycles. The number of rotatable bonds is 9. The molecule has 0 saturated heterocycles. The number of anilines is 1. The quantitative estimate of drug-likeness (QED) is 0.732. The van der Waals surface area contributed by atoms with Crippen LogP contribution in [0, 0.1) is 0 Å². The predicted molar refractivity (Wildman–Crippen MR) is 82.5 cm³/mol. The fourth-order valence-corrected chi connectivity index (χ4v) is 2.46. The van der Waals surface area contributed by atoms with Gasteiger partial charge in [-0.15, -0.1) is 0 Å². The molecule has 0 heterocycles. The minimum absolute atomic E-state index is 0.102. The molecule has 1 fully saturated rings. The number of hydrogen-bond acceptors (Lipinski definition) is 4. The Morgan fingerprint density at radius 3 is 2.80 bits per heavy atom. The highest BCUT2D eigenvalue weighted by atomic mass is 35.5. The Morgan fingerprint density at radius 2 is 2.20 bits per heavy atom. The van der Waals surface area contributed by atoms with Crippen molar-refractivity contribution in [1.82, 2.24) is 5.32 Å². The summed E-state index contributed by atoms with van der Waals surface area (Å²) in [7, 11) is 1.67. The molecular weight excluding hydrogens is 276 g/mol. The van der Waals surface area contributed by atoms with E-state index in [-0.39, 0.29) is 6.61 Å². The van der Waals surface area contributed by atoms with Gasteiger partial charge in [-0.2, -0.15) is 0 Å². The number of ether oxygens (including phenoxy) is 1. The zero-order valence-electron chi connectivity index (χ0n) is 11.9. The summed E-state index contributed by atoms with van der Waals surface area (Å²) in [4.78, 5) is 2.05. The Labute approximate surface area is 125 Å². The Morgan fingerprint density at radius 1 is 1.40 bits per heavy atom. The lowest BCUT2D eigenvalue weighted by Crippen LogP contribution is -2.30. The molecule has 2 N–H and O–H groups in total. The average molecular weight is 299 g/mol. The van der Waals surface area contributed by atoms with Gasteiger partial charge in [-0.1, -0.05) is 17.7 Å². The predicted octanol–water partition coefficient (Wildman–Crippen LogP) is 2.04. The Balaban J connectivity index is 2.00. The zero-order valence-corrected chi connectivity index (χ0v) is 12.7. The molecule has 20 heavy (non-hydrogen) atoms. The van der Waals surface area contributed by atoms with Crippen molar-refractivity contribution in [3.8, 4) is 0 Å². The molecule has 5 heteroatoms. The van der Waals surface area contributed by atoms with Gasteiger partial charge >= 0.3 is 0 Å². The summed E-state index contributed by atoms with van der Waals surface area (Å²) >= 11 is 6.38. The summed E-state index contributed by atoms with van der Waals surface area (Å²) in [6.45, 7) is 2.86. The summed E-state index contributed by atoms with van der Waals surface area (Å²) in [6, 6.07) is 6.82. The van der Waals surface area contributed by atoms with Crippen LogP contribution in [0.15, 0.2) is 18.2 Å². The minimum Gasteiger partial charge on any atom is -0.395 e. The highest BCUT2D eigenvalue weighted by molar-refractivity contribution is 6.33. The van der Waals surface area contributed by atoms with Crippen LogP contribution in [0.5, 0.6) is 0 Å². The SMILES string of the molecule is COCCN(CCO)c1ccc(CNC2CC2)cc1Cl. The van der Waals surface area contributed by atoms with Crippen molar-refractivity contribution < 1.29 is 9.84 Å². The summed E-state index contributed by atoms with van der Waals surface area (Å²) in [6.07, 6.45) is 2.57. The number of nitrogens with one attached hydrogen (secondary N) is 1. The monoisotopic (exact) mass is 298 g/mol. The van der Waals surface area contributed by atoms with Gasteiger partial charge in [0.25, 0.3) is 0 Å². The second kappa shape index (κ2) is 7.84. The molecule has 0 aliphatic heterocycles. The van der Waals surface area contributed by atoms with Gasteiger partial charge < -0.3 is 20.1 Å². The normalized spacial score (nSPS) is 14.6. The van der Waals surface area contributed by atoms with Crippen LogP contribution >= 0.6 is 11.6 Å². The Hall–Kier alpha value is -0.810. The summed E-state index contributed by atoms with van der Waals surface area (Å²) in [5.41, 5.74) is 2.15. The molecule has 1 aliphatic carbocycles. The average Bonchev–Trinajstić information content (AvgIpc) is 3.26. The van der Waals surface area contributed by atoms with Crippen molar-refractivity contribution in [2.24, 2.45) is 0 Å². The lowest BCUT2D eigenvalue weighted by atomic mass is 10.2. The van der Waals surface area contributed by atoms with Gasteiger partial charge in [0.1, 0.15) is 0 Å². The molecular formula is C15H23ClN2O2. The maximum Gasteiger partial charge on any atom is 0.0642 e. The number of benzene rings is 1. The van der Waals surface area contributed by atoms with E-state index in [9.17, 15) is 0 Å². The van der Waals surface area contributed by atoms with E-state index in [2.05, 4.69) is 11.4 Å². The van der Waals surface area contributed by atoms with Crippen LogP contribution < -0.4 is 10.2 Å². The van der Waals surface area contributed by atoms with Gasteiger partial charge in [-0.3, -0.25) is 0 Å². The van der Waals surface area contributed by atoms with E-state index in [0.29, 0.717) is 19.2 Å². The number of aliphatic hydroxyl groups excluding tert-OH is 1. The molecule has 2 rings (SSSR count). The molecule has 0 unspecified atom stereocenters. The Bertz CT molecular complexity index is 424. The molecule has 4 nitrogen and oxygen atoms in total. The highest BCUT2D eigenvalue weighted by Gasteiger charge is 2.20. The summed E-state index contributed by atoms with van der Waals surface area (Å²) in [5.74, 6) is 0. The van der Waals surface area contributed by atoms with E-state index < -0.39 is 0 Å². The van der Waals surface area contributed by atoms with E-state index in [1.165, 1.54) is 18.4 Å². The third kappa shape index (κ3) is 4.63. The van der Waals surface area contributed by atoms with Gasteiger partial charge in [-0.05, 0) is 30.5 Å². The lowest BCUT2D eigenvalue weighted by molar-refractivity contribution is 0.203. The van der Waals surface area contributed by atoms with Crippen LogP contribution in [0.4, 0.5) is 5.69 Å². The van der Waals surface area contributed by atoms with Crippen molar-refractivity contribution >= 4 is 17.3 Å². The molecule has 112 valence electrons. The molecule has 0 atom stereocenters. The van der Waals surface area contributed by atoms with Gasteiger partial charge in [0.2, 0.25) is 0 Å². The number of halogens is 1. The van der Waals surface area contributed by atoms with E-state index in [4.69, 9.17) is 21.4 Å². The smallest absolute Gasteiger partial charge is 0.0642 e. The fourth-order valence-electron chi connectivity index (χ4n) is 2.14. The number of nitrogens with zero attached hydrogens (tertiary/aromatic N) is 1. The third-order valence-electron chi connectivity index (χ3n) is 3.46. The number of aliphatic hydroxyl groups is 1. The van der Waals surface area contributed by atoms with E-state index in [1.807, 2.05) is 17.0 Å². The van der Waals surface area contributed by atoms with Gasteiger partial charge in [0.15, 0.2) is 0 Å². The molecule has 0 amide bonds. The second-order valence-electron chi connectivity index (χ2n) is 5.14. The molecule has 0 spiro atoms. The Kier molecular flexibility index (Phi) is 6.10. The first-order valence-corrected chi connectivity index (χ1v) is 7.49. The summed E-state index contributed by atoms with van der Waals surface area (Å²) < 4.78 is 5.10. The highest BCUT2D eigenvalue weighted by Crippen LogP contribution is 2.27. The van der Waals surface area contributed by atoms with Gasteiger partial charge in [0, 0.05) is 32.8 Å². The molecule has 0 radical (unpaired) electrons. The van der Waals surface area contributed by atoms with E-state index >= 15 is 0 Å². The zero-order chi connectivity index (χ0) is 14.4. The molecule has 0 aromatic heterocycles. The molecule has 1 aromatic rings. The molecule has 1 aliphatic rings.